The lowest BCUT2D eigenvalue weighted by atomic mass is 9.83. The van der Waals surface area contributed by atoms with Crippen LogP contribution in [0.3, 0.4) is 0 Å². The van der Waals surface area contributed by atoms with Crippen molar-refractivity contribution in [2.45, 2.75) is 58.5 Å². The number of rotatable bonds is 5. The number of fused-ring (bicyclic) bond motifs is 1. The molecule has 160 valence electrons. The molecule has 0 saturated carbocycles. The molecule has 0 aromatic carbocycles. The minimum Gasteiger partial charge on any atom is -0.318 e. The van der Waals surface area contributed by atoms with E-state index in [-0.39, 0.29) is 42.4 Å². The van der Waals surface area contributed by atoms with Gasteiger partial charge in [0, 0.05) is 30.9 Å². The van der Waals surface area contributed by atoms with Crippen molar-refractivity contribution < 1.29 is 18.3 Å². The summed E-state index contributed by atoms with van der Waals surface area (Å²) in [7, 11) is 0. The lowest BCUT2D eigenvalue weighted by Gasteiger charge is -2.29. The third-order valence-corrected chi connectivity index (χ3v) is 6.41. The van der Waals surface area contributed by atoms with Crippen LogP contribution in [0.25, 0.3) is 0 Å². The second-order valence-electron chi connectivity index (χ2n) is 8.27. The molecule has 1 N–H and O–H groups in total. The van der Waals surface area contributed by atoms with Crippen LogP contribution in [0.4, 0.5) is 8.78 Å². The van der Waals surface area contributed by atoms with Crippen LogP contribution < -0.4 is 5.43 Å². The molecule has 0 bridgehead atoms. The number of halogens is 2. The second kappa shape index (κ2) is 8.20. The van der Waals surface area contributed by atoms with Gasteiger partial charge in [0.1, 0.15) is 0 Å². The van der Waals surface area contributed by atoms with Gasteiger partial charge >= 0.3 is 6.61 Å². The maximum atomic E-state index is 13.2. The zero-order chi connectivity index (χ0) is 20.7. The van der Waals surface area contributed by atoms with E-state index in [1.54, 1.807) is 6.21 Å². The third-order valence-electron chi connectivity index (χ3n) is 6.41. The number of aliphatic imine (C=N–C) groups is 2. The highest BCUT2D eigenvalue weighted by atomic mass is 19.3. The van der Waals surface area contributed by atoms with Crippen molar-refractivity contribution in [1.29, 1.82) is 0 Å². The molecule has 4 aliphatic rings. The minimum absolute atomic E-state index is 0.00549. The molecule has 0 spiro atoms. The van der Waals surface area contributed by atoms with E-state index in [1.165, 1.54) is 0 Å². The lowest BCUT2D eigenvalue weighted by Crippen LogP contribution is -2.50. The maximum absolute atomic E-state index is 13.2. The summed E-state index contributed by atoms with van der Waals surface area (Å²) >= 11 is 0. The highest BCUT2D eigenvalue weighted by molar-refractivity contribution is 6.14. The minimum atomic E-state index is -2.80. The fourth-order valence-electron chi connectivity index (χ4n) is 4.95. The Balaban J connectivity index is 1.53. The van der Waals surface area contributed by atoms with Gasteiger partial charge in [-0.05, 0) is 25.7 Å². The van der Waals surface area contributed by atoms with E-state index in [2.05, 4.69) is 27.1 Å². The van der Waals surface area contributed by atoms with Crippen molar-refractivity contribution in [3.05, 3.63) is 11.8 Å². The molecule has 4 rings (SSSR count). The number of carbonyl (C=O) groups is 1. The van der Waals surface area contributed by atoms with Crippen molar-refractivity contribution in [2.24, 2.45) is 27.7 Å². The van der Waals surface area contributed by atoms with Crippen molar-refractivity contribution >= 4 is 17.8 Å². The number of hydrogen-bond acceptors (Lipinski definition) is 6. The summed E-state index contributed by atoms with van der Waals surface area (Å²) in [5.41, 5.74) is 5.11. The molecule has 0 aromatic rings. The van der Waals surface area contributed by atoms with Gasteiger partial charge in [-0.3, -0.25) is 14.8 Å². The molecule has 4 aliphatic heterocycles. The van der Waals surface area contributed by atoms with Crippen LogP contribution in [0.5, 0.6) is 0 Å². The molecule has 6 unspecified atom stereocenters. The average Bonchev–Trinajstić information content (AvgIpc) is 3.24. The third kappa shape index (κ3) is 3.87. The maximum Gasteiger partial charge on any atom is 0.345 e. The number of carbonyl (C=O) groups excluding carboxylic acids is 1. The van der Waals surface area contributed by atoms with E-state index in [4.69, 9.17) is 4.99 Å². The van der Waals surface area contributed by atoms with Crippen LogP contribution in [-0.2, 0) is 9.53 Å². The number of likely N-dealkylation sites (tertiary alicyclic amines) is 1. The number of alkyl halides is 2. The van der Waals surface area contributed by atoms with Gasteiger partial charge < -0.3 is 9.64 Å². The Labute approximate surface area is 169 Å². The van der Waals surface area contributed by atoms with Gasteiger partial charge in [0.25, 0.3) is 0 Å². The van der Waals surface area contributed by atoms with Crippen LogP contribution in [0.2, 0.25) is 0 Å². The number of amides is 1. The van der Waals surface area contributed by atoms with Crippen LogP contribution in [-0.4, -0.2) is 72.3 Å². The smallest absolute Gasteiger partial charge is 0.318 e. The molecule has 6 atom stereocenters. The molecule has 9 heteroatoms. The fourth-order valence-corrected chi connectivity index (χ4v) is 4.95. The van der Waals surface area contributed by atoms with Gasteiger partial charge in [-0.2, -0.15) is 8.78 Å². The van der Waals surface area contributed by atoms with Crippen LogP contribution >= 0.6 is 0 Å². The predicted molar refractivity (Wildman–Crippen MR) is 106 cm³/mol. The van der Waals surface area contributed by atoms with Gasteiger partial charge in [-0.25, -0.2) is 10.4 Å². The molecule has 7 nitrogen and oxygen atoms in total. The van der Waals surface area contributed by atoms with Gasteiger partial charge in [0.15, 0.2) is 0 Å². The number of hydrazine groups is 1. The van der Waals surface area contributed by atoms with E-state index in [9.17, 15) is 13.6 Å². The summed E-state index contributed by atoms with van der Waals surface area (Å²) in [5, 5.41) is 2.13. The van der Waals surface area contributed by atoms with Crippen molar-refractivity contribution in [3.8, 4) is 0 Å². The Bertz CT molecular complexity index is 740. The zero-order valence-corrected chi connectivity index (χ0v) is 17.1. The van der Waals surface area contributed by atoms with Gasteiger partial charge in [-0.1, -0.05) is 19.9 Å². The Morgan fingerprint density at radius 1 is 1.38 bits per heavy atom. The Morgan fingerprint density at radius 2 is 2.17 bits per heavy atom. The normalized spacial score (nSPS) is 37.9. The summed E-state index contributed by atoms with van der Waals surface area (Å²) in [5.74, 6) is -0.295. The van der Waals surface area contributed by atoms with Crippen molar-refractivity contribution in [3.63, 3.8) is 0 Å². The van der Waals surface area contributed by atoms with Gasteiger partial charge in [0.05, 0.1) is 36.5 Å². The number of hydrogen-bond donors (Lipinski definition) is 1. The quantitative estimate of drug-likeness (QED) is 0.755. The molecule has 4 heterocycles. The summed E-state index contributed by atoms with van der Waals surface area (Å²) in [4.78, 5) is 24.2. The second-order valence-corrected chi connectivity index (χ2v) is 8.27. The largest absolute Gasteiger partial charge is 0.345 e. The highest BCUT2D eigenvalue weighted by Gasteiger charge is 2.50. The standard InChI is InChI=1S/C20H29F2N5O2/c1-4-26-6-5-16(25-26)27-12(3)18-17(19(27)28)11(2)7-15(24-18)13-8-14(10-23-9-13)29-20(21)22/h7,9,11-14,16-17,20,25H,4-6,8,10H2,1-3H3. The first-order valence-corrected chi connectivity index (χ1v) is 10.5. The van der Waals surface area contributed by atoms with Crippen molar-refractivity contribution in [1.82, 2.24) is 15.3 Å². The number of ether oxygens (including phenoxy) is 1. The SMILES string of the molecule is CCN1CCC(N2C(=O)C3C(=NC(C4C=NCC(OC(F)F)C4)=CC3C)C2C)N1. The molecule has 0 aliphatic carbocycles. The molecule has 0 radical (unpaired) electrons. The molecular weight excluding hydrogens is 380 g/mol. The molecule has 2 fully saturated rings. The summed E-state index contributed by atoms with van der Waals surface area (Å²) in [6.45, 7) is 5.39. The highest BCUT2D eigenvalue weighted by Crippen LogP contribution is 2.38. The number of nitrogens with zero attached hydrogens (tertiary/aromatic N) is 4. The molecule has 0 aromatic heterocycles. The first kappa shape index (κ1) is 20.6. The zero-order valence-electron chi connectivity index (χ0n) is 17.1. The Morgan fingerprint density at radius 3 is 2.86 bits per heavy atom. The first-order chi connectivity index (χ1) is 13.9. The Hall–Kier alpha value is -1.71. The van der Waals surface area contributed by atoms with E-state index in [1.807, 2.05) is 24.8 Å². The lowest BCUT2D eigenvalue weighted by molar-refractivity contribution is -0.163. The first-order valence-electron chi connectivity index (χ1n) is 10.5. The van der Waals surface area contributed by atoms with Gasteiger partial charge in [0.2, 0.25) is 5.91 Å². The molecular formula is C20H29F2N5O2. The number of nitrogens with one attached hydrogen (secondary N) is 1. The molecule has 29 heavy (non-hydrogen) atoms. The van der Waals surface area contributed by atoms with Crippen LogP contribution in [0, 0.1) is 17.8 Å². The molecule has 1 amide bonds. The summed E-state index contributed by atoms with van der Waals surface area (Å²) in [6.07, 6.45) is 4.48. The van der Waals surface area contributed by atoms with E-state index < -0.39 is 12.7 Å². The van der Waals surface area contributed by atoms with E-state index >= 15 is 0 Å². The summed E-state index contributed by atoms with van der Waals surface area (Å²) in [6, 6.07) is -0.0957. The van der Waals surface area contributed by atoms with E-state index in [0.717, 1.165) is 30.9 Å². The van der Waals surface area contributed by atoms with Crippen LogP contribution in [0.15, 0.2) is 21.8 Å². The van der Waals surface area contributed by atoms with Crippen molar-refractivity contribution in [2.75, 3.05) is 19.6 Å². The predicted octanol–water partition coefficient (Wildman–Crippen LogP) is 2.06. The molecule has 2 saturated heterocycles. The van der Waals surface area contributed by atoms with Gasteiger partial charge in [-0.15, -0.1) is 0 Å². The Kier molecular flexibility index (Phi) is 5.81. The van der Waals surface area contributed by atoms with E-state index in [0.29, 0.717) is 6.42 Å². The number of allylic oxidation sites excluding steroid dienone is 2. The average molecular weight is 409 g/mol. The fraction of sp³-hybridized carbons (Fsp3) is 0.750. The topological polar surface area (TPSA) is 69.5 Å². The summed E-state index contributed by atoms with van der Waals surface area (Å²) < 4.78 is 29.9. The van der Waals surface area contributed by atoms with Crippen LogP contribution in [0.1, 0.15) is 33.6 Å². The monoisotopic (exact) mass is 409 g/mol.